The number of aromatic amines is 1. The maximum atomic E-state index is 12.5. The third kappa shape index (κ3) is 2.56. The number of para-hydroxylation sites is 1. The van der Waals surface area contributed by atoms with Gasteiger partial charge in [0.1, 0.15) is 0 Å². The van der Waals surface area contributed by atoms with Gasteiger partial charge < -0.3 is 15.2 Å². The normalized spacial score (nSPS) is 16.4. The standard InChI is InChI=1S/C16H21N3O/c1-12-14(13-5-2-3-6-15(13)18-12)11-16(20)19-9-4-7-17-8-10-19/h2-3,5-6,17-18H,4,7-11H2,1H3. The van der Waals surface area contributed by atoms with Gasteiger partial charge in [0.25, 0.3) is 0 Å². The van der Waals surface area contributed by atoms with Crippen LogP contribution in [0.15, 0.2) is 24.3 Å². The predicted molar refractivity (Wildman–Crippen MR) is 80.8 cm³/mol. The molecule has 4 heteroatoms. The molecule has 1 aliphatic heterocycles. The number of rotatable bonds is 2. The number of H-pyrrole nitrogens is 1. The van der Waals surface area contributed by atoms with Crippen LogP contribution in [0, 0.1) is 6.92 Å². The first-order valence-corrected chi connectivity index (χ1v) is 7.30. The van der Waals surface area contributed by atoms with Crippen molar-refractivity contribution in [1.82, 2.24) is 15.2 Å². The van der Waals surface area contributed by atoms with E-state index >= 15 is 0 Å². The zero-order chi connectivity index (χ0) is 13.9. The molecular formula is C16H21N3O. The van der Waals surface area contributed by atoms with Gasteiger partial charge in [0.15, 0.2) is 0 Å². The average molecular weight is 271 g/mol. The quantitative estimate of drug-likeness (QED) is 0.875. The van der Waals surface area contributed by atoms with Crippen LogP contribution in [0.1, 0.15) is 17.7 Å². The highest BCUT2D eigenvalue weighted by Crippen LogP contribution is 2.22. The third-order valence-electron chi connectivity index (χ3n) is 4.05. The Balaban J connectivity index is 1.81. The summed E-state index contributed by atoms with van der Waals surface area (Å²) in [5.41, 5.74) is 3.36. The summed E-state index contributed by atoms with van der Waals surface area (Å²) in [7, 11) is 0. The lowest BCUT2D eigenvalue weighted by atomic mass is 10.1. The summed E-state index contributed by atoms with van der Waals surface area (Å²) in [5.74, 6) is 0.238. The average Bonchev–Trinajstić information content (AvgIpc) is 2.66. The third-order valence-corrected chi connectivity index (χ3v) is 4.05. The molecule has 2 N–H and O–H groups in total. The molecule has 1 fully saturated rings. The molecule has 1 aromatic carbocycles. The summed E-state index contributed by atoms with van der Waals surface area (Å²) < 4.78 is 0. The van der Waals surface area contributed by atoms with Gasteiger partial charge in [-0.05, 0) is 31.5 Å². The van der Waals surface area contributed by atoms with E-state index in [-0.39, 0.29) is 5.91 Å². The summed E-state index contributed by atoms with van der Waals surface area (Å²) in [6.45, 7) is 5.65. The number of nitrogens with one attached hydrogen (secondary N) is 2. The van der Waals surface area contributed by atoms with Crippen molar-refractivity contribution < 1.29 is 4.79 Å². The molecule has 0 unspecified atom stereocenters. The van der Waals surface area contributed by atoms with E-state index in [1.54, 1.807) is 0 Å². The first kappa shape index (κ1) is 13.2. The van der Waals surface area contributed by atoms with Crippen molar-refractivity contribution in [3.05, 3.63) is 35.5 Å². The SMILES string of the molecule is Cc1[nH]c2ccccc2c1CC(=O)N1CCCNCC1. The molecule has 0 spiro atoms. The van der Waals surface area contributed by atoms with E-state index in [2.05, 4.69) is 22.4 Å². The molecule has 1 amide bonds. The number of hydrogen-bond donors (Lipinski definition) is 2. The van der Waals surface area contributed by atoms with E-state index in [0.29, 0.717) is 6.42 Å². The highest BCUT2D eigenvalue weighted by Gasteiger charge is 2.18. The van der Waals surface area contributed by atoms with E-state index in [9.17, 15) is 4.79 Å². The summed E-state index contributed by atoms with van der Waals surface area (Å²) >= 11 is 0. The molecule has 4 nitrogen and oxygen atoms in total. The molecule has 0 bridgehead atoms. The monoisotopic (exact) mass is 271 g/mol. The van der Waals surface area contributed by atoms with Crippen LogP contribution in [0.5, 0.6) is 0 Å². The number of hydrogen-bond acceptors (Lipinski definition) is 2. The second-order valence-electron chi connectivity index (χ2n) is 5.44. The Labute approximate surface area is 119 Å². The Hall–Kier alpha value is -1.81. The van der Waals surface area contributed by atoms with Crippen LogP contribution in [0.4, 0.5) is 0 Å². The van der Waals surface area contributed by atoms with Crippen LogP contribution in [0.2, 0.25) is 0 Å². The van der Waals surface area contributed by atoms with Crippen LogP contribution in [0.25, 0.3) is 10.9 Å². The molecule has 20 heavy (non-hydrogen) atoms. The molecule has 0 saturated carbocycles. The molecular weight excluding hydrogens is 250 g/mol. The zero-order valence-corrected chi connectivity index (χ0v) is 11.9. The maximum absolute atomic E-state index is 12.5. The minimum atomic E-state index is 0.238. The maximum Gasteiger partial charge on any atom is 0.227 e. The van der Waals surface area contributed by atoms with E-state index in [1.165, 1.54) is 5.39 Å². The second kappa shape index (κ2) is 5.67. The molecule has 0 aliphatic carbocycles. The molecule has 106 valence electrons. The molecule has 3 rings (SSSR count). The van der Waals surface area contributed by atoms with Gasteiger partial charge in [-0.1, -0.05) is 18.2 Å². The largest absolute Gasteiger partial charge is 0.358 e. The molecule has 1 aliphatic rings. The number of aryl methyl sites for hydroxylation is 1. The zero-order valence-electron chi connectivity index (χ0n) is 11.9. The minimum Gasteiger partial charge on any atom is -0.358 e. The Morgan fingerprint density at radius 2 is 2.10 bits per heavy atom. The van der Waals surface area contributed by atoms with Gasteiger partial charge in [0.05, 0.1) is 6.42 Å². The topological polar surface area (TPSA) is 48.1 Å². The minimum absolute atomic E-state index is 0.238. The van der Waals surface area contributed by atoms with Gasteiger partial charge in [-0.3, -0.25) is 4.79 Å². The van der Waals surface area contributed by atoms with Crippen LogP contribution in [-0.2, 0) is 11.2 Å². The van der Waals surface area contributed by atoms with Gasteiger partial charge >= 0.3 is 0 Å². The summed E-state index contributed by atoms with van der Waals surface area (Å²) in [6.07, 6.45) is 1.54. The first-order valence-electron chi connectivity index (χ1n) is 7.30. The van der Waals surface area contributed by atoms with E-state index < -0.39 is 0 Å². The van der Waals surface area contributed by atoms with Crippen LogP contribution < -0.4 is 5.32 Å². The van der Waals surface area contributed by atoms with Crippen molar-refractivity contribution in [3.8, 4) is 0 Å². The molecule has 2 aromatic rings. The number of benzene rings is 1. The van der Waals surface area contributed by atoms with Crippen molar-refractivity contribution in [2.45, 2.75) is 19.8 Å². The fraction of sp³-hybridized carbons (Fsp3) is 0.438. The molecule has 1 aromatic heterocycles. The highest BCUT2D eigenvalue weighted by molar-refractivity contribution is 5.90. The Morgan fingerprint density at radius 1 is 1.25 bits per heavy atom. The Morgan fingerprint density at radius 3 is 3.00 bits per heavy atom. The number of carbonyl (C=O) groups is 1. The fourth-order valence-electron chi connectivity index (χ4n) is 2.92. The number of amides is 1. The van der Waals surface area contributed by atoms with Gasteiger partial charge in [-0.15, -0.1) is 0 Å². The molecule has 1 saturated heterocycles. The van der Waals surface area contributed by atoms with Crippen molar-refractivity contribution in [3.63, 3.8) is 0 Å². The van der Waals surface area contributed by atoms with E-state index in [1.807, 2.05) is 24.0 Å². The molecule has 2 heterocycles. The highest BCUT2D eigenvalue weighted by atomic mass is 16.2. The van der Waals surface area contributed by atoms with E-state index in [0.717, 1.165) is 49.4 Å². The summed E-state index contributed by atoms with van der Waals surface area (Å²) in [6, 6.07) is 8.20. The lowest BCUT2D eigenvalue weighted by molar-refractivity contribution is -0.130. The van der Waals surface area contributed by atoms with Crippen molar-refractivity contribution in [1.29, 1.82) is 0 Å². The number of carbonyl (C=O) groups excluding carboxylic acids is 1. The predicted octanol–water partition coefficient (Wildman–Crippen LogP) is 1.84. The van der Waals surface area contributed by atoms with Gasteiger partial charge in [0, 0.05) is 36.2 Å². The molecule has 0 atom stereocenters. The van der Waals surface area contributed by atoms with Crippen LogP contribution in [-0.4, -0.2) is 42.0 Å². The number of nitrogens with zero attached hydrogens (tertiary/aromatic N) is 1. The van der Waals surface area contributed by atoms with Crippen molar-refractivity contribution in [2.75, 3.05) is 26.2 Å². The smallest absolute Gasteiger partial charge is 0.227 e. The fourth-order valence-corrected chi connectivity index (χ4v) is 2.92. The van der Waals surface area contributed by atoms with Gasteiger partial charge in [-0.25, -0.2) is 0 Å². The lowest BCUT2D eigenvalue weighted by Crippen LogP contribution is -2.35. The summed E-state index contributed by atoms with van der Waals surface area (Å²) in [4.78, 5) is 17.9. The van der Waals surface area contributed by atoms with Gasteiger partial charge in [0.2, 0.25) is 5.91 Å². The number of fused-ring (bicyclic) bond motifs is 1. The van der Waals surface area contributed by atoms with E-state index in [4.69, 9.17) is 0 Å². The Kier molecular flexibility index (Phi) is 3.74. The summed E-state index contributed by atoms with van der Waals surface area (Å²) in [5, 5.41) is 4.50. The second-order valence-corrected chi connectivity index (χ2v) is 5.44. The Bertz CT molecular complexity index is 609. The van der Waals surface area contributed by atoms with Gasteiger partial charge in [-0.2, -0.15) is 0 Å². The van der Waals surface area contributed by atoms with Crippen molar-refractivity contribution in [2.24, 2.45) is 0 Å². The van der Waals surface area contributed by atoms with Crippen LogP contribution >= 0.6 is 0 Å². The first-order chi connectivity index (χ1) is 9.75. The van der Waals surface area contributed by atoms with Crippen molar-refractivity contribution >= 4 is 16.8 Å². The lowest BCUT2D eigenvalue weighted by Gasteiger charge is -2.20. The number of aromatic nitrogens is 1. The van der Waals surface area contributed by atoms with Crippen LogP contribution in [0.3, 0.4) is 0 Å². The molecule has 0 radical (unpaired) electrons.